The molecule has 0 bridgehead atoms. The van der Waals surface area contributed by atoms with Crippen LogP contribution in [0.2, 0.25) is 0 Å². The Balaban J connectivity index is 1.88. The van der Waals surface area contributed by atoms with Crippen molar-refractivity contribution in [2.45, 2.75) is 25.7 Å². The molecule has 0 amide bonds. The molecule has 11 heteroatoms. The van der Waals surface area contributed by atoms with E-state index in [4.69, 9.17) is 5.73 Å². The van der Waals surface area contributed by atoms with E-state index in [-0.39, 0.29) is 24.9 Å². The molecule has 0 unspecified atom stereocenters. The first kappa shape index (κ1) is 22.3. The van der Waals surface area contributed by atoms with Gasteiger partial charge >= 0.3 is 12.5 Å². The summed E-state index contributed by atoms with van der Waals surface area (Å²) in [6.45, 7) is -1.39. The van der Waals surface area contributed by atoms with Gasteiger partial charge in [0.2, 0.25) is 0 Å². The van der Waals surface area contributed by atoms with Gasteiger partial charge in [0.25, 0.3) is 0 Å². The Labute approximate surface area is 162 Å². The van der Waals surface area contributed by atoms with E-state index in [0.29, 0.717) is 16.8 Å². The second-order valence-corrected chi connectivity index (χ2v) is 5.83. The summed E-state index contributed by atoms with van der Waals surface area (Å²) in [6, 6.07) is 11.5. The van der Waals surface area contributed by atoms with Crippen LogP contribution in [-0.4, -0.2) is 25.1 Å². The molecule has 0 aromatic heterocycles. The van der Waals surface area contributed by atoms with Gasteiger partial charge in [-0.3, -0.25) is 0 Å². The van der Waals surface area contributed by atoms with Crippen LogP contribution < -0.4 is 15.8 Å². The van der Waals surface area contributed by atoms with Gasteiger partial charge in [-0.1, -0.05) is 24.3 Å². The van der Waals surface area contributed by atoms with Crippen LogP contribution in [-0.2, 0) is 17.9 Å². The van der Waals surface area contributed by atoms with Crippen molar-refractivity contribution in [1.82, 2.24) is 0 Å². The van der Waals surface area contributed by atoms with Crippen molar-refractivity contribution in [1.29, 1.82) is 0 Å². The third-order valence-corrected chi connectivity index (χ3v) is 3.32. The van der Waals surface area contributed by atoms with Crippen LogP contribution >= 0.6 is 0 Å². The molecule has 0 aliphatic heterocycles. The van der Waals surface area contributed by atoms with Crippen LogP contribution in [0.15, 0.2) is 53.5 Å². The number of benzene rings is 2. The van der Waals surface area contributed by atoms with E-state index < -0.39 is 19.1 Å². The Morgan fingerprint density at radius 3 is 2.24 bits per heavy atom. The second-order valence-electron chi connectivity index (χ2n) is 5.83. The number of halogens is 6. The third kappa shape index (κ3) is 9.19. The van der Waals surface area contributed by atoms with Gasteiger partial charge in [0, 0.05) is 5.69 Å². The molecule has 29 heavy (non-hydrogen) atoms. The summed E-state index contributed by atoms with van der Waals surface area (Å²) in [4.78, 5) is 4.08. The van der Waals surface area contributed by atoms with Crippen molar-refractivity contribution in [3.63, 3.8) is 0 Å². The number of alkyl halides is 6. The number of ether oxygens (including phenoxy) is 2. The summed E-state index contributed by atoms with van der Waals surface area (Å²) in [6.07, 6.45) is -9.17. The number of rotatable bonds is 7. The Kier molecular flexibility index (Phi) is 7.32. The Hall–Kier alpha value is -2.95. The van der Waals surface area contributed by atoms with Crippen molar-refractivity contribution >= 4 is 11.6 Å². The Morgan fingerprint density at radius 2 is 1.62 bits per heavy atom. The van der Waals surface area contributed by atoms with E-state index in [9.17, 15) is 26.3 Å². The molecule has 0 radical (unpaired) electrons. The molecule has 3 N–H and O–H groups in total. The number of anilines is 1. The highest BCUT2D eigenvalue weighted by atomic mass is 19.4. The standard InChI is InChI=1S/C18H17F6N3O2/c19-17(20,21)11-28-10-13-3-1-2-12(8-13)9-26-16(25)27-14-4-6-15(7-5-14)29-18(22,23)24/h1-8H,9-11H2,(H3,25,26,27). The summed E-state index contributed by atoms with van der Waals surface area (Å²) >= 11 is 0. The van der Waals surface area contributed by atoms with Crippen molar-refractivity contribution in [3.8, 4) is 5.75 Å². The smallest absolute Gasteiger partial charge is 0.406 e. The molecule has 5 nitrogen and oxygen atoms in total. The highest BCUT2D eigenvalue weighted by Gasteiger charge is 2.31. The number of aliphatic imine (C=N–C) groups is 1. The first-order chi connectivity index (χ1) is 13.5. The molecule has 0 fully saturated rings. The number of guanidine groups is 1. The number of hydrogen-bond acceptors (Lipinski definition) is 3. The average Bonchev–Trinajstić information content (AvgIpc) is 2.60. The topological polar surface area (TPSA) is 68.9 Å². The third-order valence-electron chi connectivity index (χ3n) is 3.32. The fraction of sp³-hybridized carbons (Fsp3) is 0.278. The van der Waals surface area contributed by atoms with Crippen LogP contribution in [0.4, 0.5) is 32.0 Å². The fourth-order valence-electron chi connectivity index (χ4n) is 2.21. The number of nitrogens with one attached hydrogen (secondary N) is 1. The summed E-state index contributed by atoms with van der Waals surface area (Å²) in [5.74, 6) is -0.365. The maximum absolute atomic E-state index is 12.1. The summed E-state index contributed by atoms with van der Waals surface area (Å²) < 4.78 is 81.1. The van der Waals surface area contributed by atoms with Gasteiger partial charge < -0.3 is 20.5 Å². The normalized spacial score (nSPS) is 12.7. The lowest BCUT2D eigenvalue weighted by Crippen LogP contribution is -2.22. The van der Waals surface area contributed by atoms with Gasteiger partial charge in [-0.05, 0) is 35.4 Å². The lowest BCUT2D eigenvalue weighted by Gasteiger charge is -2.10. The molecule has 0 saturated heterocycles. The van der Waals surface area contributed by atoms with Crippen LogP contribution in [0.25, 0.3) is 0 Å². The maximum atomic E-state index is 12.1. The molecule has 0 saturated carbocycles. The van der Waals surface area contributed by atoms with E-state index in [2.05, 4.69) is 19.8 Å². The highest BCUT2D eigenvalue weighted by molar-refractivity contribution is 5.92. The van der Waals surface area contributed by atoms with E-state index in [1.165, 1.54) is 12.1 Å². The molecule has 0 aliphatic carbocycles. The zero-order valence-corrected chi connectivity index (χ0v) is 14.8. The van der Waals surface area contributed by atoms with Crippen molar-refractivity contribution in [3.05, 3.63) is 59.7 Å². The molecule has 0 aliphatic rings. The number of nitrogens with two attached hydrogens (primary N) is 1. The predicted octanol–water partition coefficient (Wildman–Crippen LogP) is 4.59. The van der Waals surface area contributed by atoms with Crippen LogP contribution in [0.3, 0.4) is 0 Å². The predicted molar refractivity (Wildman–Crippen MR) is 94.2 cm³/mol. The van der Waals surface area contributed by atoms with E-state index >= 15 is 0 Å². The van der Waals surface area contributed by atoms with E-state index in [1.807, 2.05) is 0 Å². The van der Waals surface area contributed by atoms with Crippen LogP contribution in [0.5, 0.6) is 5.75 Å². The Morgan fingerprint density at radius 1 is 0.966 bits per heavy atom. The lowest BCUT2D eigenvalue weighted by atomic mass is 10.1. The summed E-state index contributed by atoms with van der Waals surface area (Å²) in [5, 5.41) is 2.71. The Bertz CT molecular complexity index is 820. The molecule has 0 heterocycles. The van der Waals surface area contributed by atoms with Gasteiger partial charge in [-0.25, -0.2) is 4.99 Å². The molecular weight excluding hydrogens is 404 g/mol. The van der Waals surface area contributed by atoms with Crippen molar-refractivity contribution in [2.24, 2.45) is 10.7 Å². The zero-order chi connectivity index (χ0) is 21.5. The first-order valence-corrected chi connectivity index (χ1v) is 8.15. The minimum atomic E-state index is -4.78. The quantitative estimate of drug-likeness (QED) is 0.390. The van der Waals surface area contributed by atoms with Gasteiger partial charge in [0.15, 0.2) is 5.96 Å². The minimum Gasteiger partial charge on any atom is -0.406 e. The second kappa shape index (κ2) is 9.50. The molecule has 158 valence electrons. The zero-order valence-electron chi connectivity index (χ0n) is 14.8. The van der Waals surface area contributed by atoms with Gasteiger partial charge in [-0.2, -0.15) is 13.2 Å². The van der Waals surface area contributed by atoms with Gasteiger partial charge in [0.05, 0.1) is 13.2 Å². The highest BCUT2D eigenvalue weighted by Crippen LogP contribution is 2.24. The van der Waals surface area contributed by atoms with Crippen molar-refractivity contribution in [2.75, 3.05) is 11.9 Å². The maximum Gasteiger partial charge on any atom is 0.573 e. The van der Waals surface area contributed by atoms with Crippen LogP contribution in [0, 0.1) is 0 Å². The van der Waals surface area contributed by atoms with E-state index in [1.54, 1.807) is 24.3 Å². The summed E-state index contributed by atoms with van der Waals surface area (Å²) in [7, 11) is 0. The molecule has 2 aromatic carbocycles. The van der Waals surface area contributed by atoms with Crippen LogP contribution in [0.1, 0.15) is 11.1 Å². The SMILES string of the molecule is NC(=NCc1cccc(COCC(F)(F)F)c1)Nc1ccc(OC(F)(F)F)cc1. The number of nitrogens with zero attached hydrogens (tertiary/aromatic N) is 1. The monoisotopic (exact) mass is 421 g/mol. The molecule has 0 atom stereocenters. The molecule has 0 spiro atoms. The van der Waals surface area contributed by atoms with E-state index in [0.717, 1.165) is 12.1 Å². The molecule has 2 aromatic rings. The minimum absolute atomic E-state index is 0.00761. The lowest BCUT2D eigenvalue weighted by molar-refractivity contribution is -0.274. The number of hydrogen-bond donors (Lipinski definition) is 2. The first-order valence-electron chi connectivity index (χ1n) is 8.15. The van der Waals surface area contributed by atoms with Gasteiger partial charge in [-0.15, -0.1) is 13.2 Å². The summed E-state index contributed by atoms with van der Waals surface area (Å²) in [5.41, 5.74) is 7.38. The largest absolute Gasteiger partial charge is 0.573 e. The van der Waals surface area contributed by atoms with Crippen molar-refractivity contribution < 1.29 is 35.8 Å². The van der Waals surface area contributed by atoms with Gasteiger partial charge in [0.1, 0.15) is 12.4 Å². The molecule has 2 rings (SSSR count). The average molecular weight is 421 g/mol. The fourth-order valence-corrected chi connectivity index (χ4v) is 2.21. The molecular formula is C18H17F6N3O2.